The second-order valence-corrected chi connectivity index (χ2v) is 4.03. The Bertz CT molecular complexity index is 631. The van der Waals surface area contributed by atoms with E-state index < -0.39 is 0 Å². The van der Waals surface area contributed by atoms with Gasteiger partial charge in [0.2, 0.25) is 0 Å². The van der Waals surface area contributed by atoms with E-state index in [9.17, 15) is 0 Å². The molecular weight excluding hydrogens is 240 g/mol. The molecule has 0 radical (unpaired) electrons. The zero-order valence-electron chi connectivity index (χ0n) is 11.1. The molecule has 0 atom stereocenters. The fourth-order valence-corrected chi connectivity index (χ4v) is 1.56. The quantitative estimate of drug-likeness (QED) is 0.696. The summed E-state index contributed by atoms with van der Waals surface area (Å²) >= 11 is 0. The van der Waals surface area contributed by atoms with E-state index in [-0.39, 0.29) is 0 Å². The monoisotopic (exact) mass is 254 g/mol. The fourth-order valence-electron chi connectivity index (χ4n) is 1.56. The van der Waals surface area contributed by atoms with Gasteiger partial charge in [-0.25, -0.2) is 0 Å². The molecule has 0 bridgehead atoms. The Balaban J connectivity index is 1.85. The van der Waals surface area contributed by atoms with Crippen LogP contribution in [0.25, 0.3) is 12.2 Å². The van der Waals surface area contributed by atoms with Crippen molar-refractivity contribution in [3.8, 4) is 23.7 Å². The lowest BCUT2D eigenvalue weighted by Crippen LogP contribution is -1.67. The van der Waals surface area contributed by atoms with Gasteiger partial charge < -0.3 is 0 Å². The number of hydrogen-bond donors (Lipinski definition) is 0. The van der Waals surface area contributed by atoms with Gasteiger partial charge in [0.1, 0.15) is 0 Å². The lowest BCUT2D eigenvalue weighted by molar-refractivity contribution is 1.66. The van der Waals surface area contributed by atoms with Gasteiger partial charge in [-0.3, -0.25) is 0 Å². The Hall–Kier alpha value is -2.96. The maximum absolute atomic E-state index is 2.89. The highest BCUT2D eigenvalue weighted by Crippen LogP contribution is 2.00. The largest absolute Gasteiger partial charge is 0.0622 e. The average molecular weight is 254 g/mol. The van der Waals surface area contributed by atoms with Crippen molar-refractivity contribution in [1.29, 1.82) is 0 Å². The summed E-state index contributed by atoms with van der Waals surface area (Å²) in [4.78, 5) is 0. The minimum atomic E-state index is 1.14. The summed E-state index contributed by atoms with van der Waals surface area (Å²) < 4.78 is 0. The van der Waals surface area contributed by atoms with E-state index in [2.05, 4.69) is 23.7 Å². The van der Waals surface area contributed by atoms with Gasteiger partial charge in [-0.05, 0) is 47.3 Å². The maximum atomic E-state index is 2.89. The predicted molar refractivity (Wildman–Crippen MR) is 86.5 cm³/mol. The van der Waals surface area contributed by atoms with Crippen LogP contribution in [0.4, 0.5) is 0 Å². The Morgan fingerprint density at radius 1 is 0.550 bits per heavy atom. The third-order valence-electron chi connectivity index (χ3n) is 2.52. The van der Waals surface area contributed by atoms with E-state index in [4.69, 9.17) is 0 Å². The highest BCUT2D eigenvalue weighted by Gasteiger charge is 1.80. The van der Waals surface area contributed by atoms with Crippen molar-refractivity contribution in [3.63, 3.8) is 0 Å². The molecule has 0 amide bonds. The van der Waals surface area contributed by atoms with Crippen LogP contribution in [0.3, 0.4) is 0 Å². The summed E-state index contributed by atoms with van der Waals surface area (Å²) in [7, 11) is 0. The van der Waals surface area contributed by atoms with E-state index in [1.807, 2.05) is 85.0 Å². The molecule has 0 saturated carbocycles. The molecule has 0 N–H and O–H groups in total. The maximum Gasteiger partial charge on any atom is -0.0102 e. The van der Waals surface area contributed by atoms with Gasteiger partial charge in [0.05, 0.1) is 0 Å². The molecule has 0 aliphatic rings. The lowest BCUT2D eigenvalue weighted by Gasteiger charge is -1.87. The Morgan fingerprint density at radius 3 is 1.35 bits per heavy atom. The highest BCUT2D eigenvalue weighted by atomic mass is 13.8. The van der Waals surface area contributed by atoms with Crippen LogP contribution < -0.4 is 0 Å². The fraction of sp³-hybridized carbons (Fsp3) is 0. The molecule has 94 valence electrons. The molecule has 0 heterocycles. The molecule has 0 spiro atoms. The standard InChI is InChI=1S/C20H14/c1(3-7-13-19-15-9-5-10-16-19)2-4-8-14-20-17-11-6-12-18-20/h5-18H/b13-7+,14-8+. The van der Waals surface area contributed by atoms with Crippen molar-refractivity contribution >= 4 is 12.2 Å². The Kier molecular flexibility index (Phi) is 5.52. The highest BCUT2D eigenvalue weighted by molar-refractivity contribution is 5.55. The van der Waals surface area contributed by atoms with Gasteiger partial charge in [0, 0.05) is 0 Å². The summed E-state index contributed by atoms with van der Waals surface area (Å²) in [5, 5.41) is 0. The van der Waals surface area contributed by atoms with Crippen LogP contribution in [0.2, 0.25) is 0 Å². The SMILES string of the molecule is C(C#C/C=C/c1ccccc1)#C/C=C/c1ccccc1. The zero-order valence-corrected chi connectivity index (χ0v) is 11.1. The molecular formula is C20H14. The first-order valence-corrected chi connectivity index (χ1v) is 6.39. The first-order valence-electron chi connectivity index (χ1n) is 6.39. The predicted octanol–water partition coefficient (Wildman–Crippen LogP) is 4.42. The van der Waals surface area contributed by atoms with Crippen LogP contribution in [0, 0.1) is 23.7 Å². The molecule has 2 rings (SSSR count). The second-order valence-electron chi connectivity index (χ2n) is 4.03. The summed E-state index contributed by atoms with van der Waals surface area (Å²) in [6, 6.07) is 20.1. The molecule has 0 heteroatoms. The van der Waals surface area contributed by atoms with Gasteiger partial charge in [-0.1, -0.05) is 72.5 Å². The minimum absolute atomic E-state index is 1.14. The molecule has 0 aromatic heterocycles. The number of benzene rings is 2. The van der Waals surface area contributed by atoms with E-state index in [0.717, 1.165) is 11.1 Å². The minimum Gasteiger partial charge on any atom is -0.0622 e. The topological polar surface area (TPSA) is 0 Å². The summed E-state index contributed by atoms with van der Waals surface area (Å²) in [6.45, 7) is 0. The molecule has 0 unspecified atom stereocenters. The third kappa shape index (κ3) is 5.13. The van der Waals surface area contributed by atoms with Gasteiger partial charge >= 0.3 is 0 Å². The Labute approximate surface area is 120 Å². The van der Waals surface area contributed by atoms with Gasteiger partial charge in [0.15, 0.2) is 0 Å². The van der Waals surface area contributed by atoms with Crippen molar-refractivity contribution in [2.24, 2.45) is 0 Å². The van der Waals surface area contributed by atoms with Crippen LogP contribution in [-0.4, -0.2) is 0 Å². The van der Waals surface area contributed by atoms with Crippen LogP contribution in [0.15, 0.2) is 72.8 Å². The van der Waals surface area contributed by atoms with Crippen molar-refractivity contribution in [2.75, 3.05) is 0 Å². The lowest BCUT2D eigenvalue weighted by atomic mass is 10.2. The normalized spacial score (nSPS) is 9.80. The molecule has 0 fully saturated rings. The van der Waals surface area contributed by atoms with E-state index in [0.29, 0.717) is 0 Å². The van der Waals surface area contributed by atoms with Crippen molar-refractivity contribution in [2.45, 2.75) is 0 Å². The number of hydrogen-bond acceptors (Lipinski definition) is 0. The Morgan fingerprint density at radius 2 is 0.950 bits per heavy atom. The number of rotatable bonds is 2. The van der Waals surface area contributed by atoms with Crippen LogP contribution >= 0.6 is 0 Å². The molecule has 2 aromatic carbocycles. The molecule has 0 saturated heterocycles. The van der Waals surface area contributed by atoms with Crippen LogP contribution in [-0.2, 0) is 0 Å². The molecule has 0 aliphatic carbocycles. The summed E-state index contributed by atoms with van der Waals surface area (Å²) in [6.07, 6.45) is 7.55. The summed E-state index contributed by atoms with van der Waals surface area (Å²) in [5.41, 5.74) is 2.28. The molecule has 2 aromatic rings. The smallest absolute Gasteiger partial charge is 0.0102 e. The zero-order chi connectivity index (χ0) is 13.9. The van der Waals surface area contributed by atoms with Crippen LogP contribution in [0.5, 0.6) is 0 Å². The van der Waals surface area contributed by atoms with Gasteiger partial charge in [-0.2, -0.15) is 0 Å². The molecule has 0 aliphatic heterocycles. The average Bonchev–Trinajstić information content (AvgIpc) is 2.52. The van der Waals surface area contributed by atoms with E-state index in [1.54, 1.807) is 0 Å². The van der Waals surface area contributed by atoms with Gasteiger partial charge in [0.25, 0.3) is 0 Å². The third-order valence-corrected chi connectivity index (χ3v) is 2.52. The van der Waals surface area contributed by atoms with Crippen molar-refractivity contribution < 1.29 is 0 Å². The van der Waals surface area contributed by atoms with E-state index >= 15 is 0 Å². The second kappa shape index (κ2) is 8.20. The van der Waals surface area contributed by atoms with Crippen molar-refractivity contribution in [1.82, 2.24) is 0 Å². The molecule has 0 nitrogen and oxygen atoms in total. The molecule has 20 heavy (non-hydrogen) atoms. The first-order chi connectivity index (χ1) is 9.95. The van der Waals surface area contributed by atoms with Gasteiger partial charge in [-0.15, -0.1) is 0 Å². The first kappa shape index (κ1) is 13.5. The number of allylic oxidation sites excluding steroid dienone is 2. The summed E-state index contributed by atoms with van der Waals surface area (Å²) in [5.74, 6) is 11.4. The van der Waals surface area contributed by atoms with Crippen molar-refractivity contribution in [3.05, 3.63) is 83.9 Å². The van der Waals surface area contributed by atoms with E-state index in [1.165, 1.54) is 0 Å². The van der Waals surface area contributed by atoms with Crippen LogP contribution in [0.1, 0.15) is 11.1 Å².